The van der Waals surface area contributed by atoms with E-state index >= 15 is 0 Å². The van der Waals surface area contributed by atoms with Crippen LogP contribution in [-0.2, 0) is 6.54 Å². The number of nitrogens with one attached hydrogen (secondary N) is 2. The average molecular weight is 267 g/mol. The minimum Gasteiger partial charge on any atom is -0.370 e. The molecule has 1 heterocycles. The first-order valence-electron chi connectivity index (χ1n) is 6.53. The predicted molar refractivity (Wildman–Crippen MR) is 79.4 cm³/mol. The van der Waals surface area contributed by atoms with Gasteiger partial charge in [0, 0.05) is 18.7 Å². The first-order valence-corrected chi connectivity index (χ1v) is 6.53. The molecular formula is C15H17N5. The van der Waals surface area contributed by atoms with Crippen LogP contribution in [0.1, 0.15) is 23.6 Å². The zero-order valence-corrected chi connectivity index (χ0v) is 11.6. The van der Waals surface area contributed by atoms with Gasteiger partial charge in [-0.1, -0.05) is 12.1 Å². The Bertz CT molecular complexity index is 613. The Morgan fingerprint density at radius 1 is 1.10 bits per heavy atom. The summed E-state index contributed by atoms with van der Waals surface area (Å²) in [5, 5.41) is 15.3. The smallest absolute Gasteiger partial charge is 0.134 e. The molecule has 5 heteroatoms. The van der Waals surface area contributed by atoms with Crippen molar-refractivity contribution in [3.05, 3.63) is 47.3 Å². The molecule has 102 valence electrons. The fourth-order valence-corrected chi connectivity index (χ4v) is 1.86. The van der Waals surface area contributed by atoms with Crippen molar-refractivity contribution in [2.24, 2.45) is 0 Å². The van der Waals surface area contributed by atoms with Gasteiger partial charge in [-0.25, -0.2) is 9.97 Å². The lowest BCUT2D eigenvalue weighted by Gasteiger charge is -2.12. The highest BCUT2D eigenvalue weighted by Gasteiger charge is 2.05. The van der Waals surface area contributed by atoms with Gasteiger partial charge in [0.05, 0.1) is 11.6 Å². The molecule has 0 atom stereocenters. The van der Waals surface area contributed by atoms with E-state index in [0.717, 1.165) is 29.3 Å². The lowest BCUT2D eigenvalue weighted by molar-refractivity contribution is 1.04. The van der Waals surface area contributed by atoms with Crippen LogP contribution in [0.25, 0.3) is 0 Å². The molecule has 1 aromatic heterocycles. The fourth-order valence-electron chi connectivity index (χ4n) is 1.86. The molecule has 2 rings (SSSR count). The van der Waals surface area contributed by atoms with E-state index in [1.54, 1.807) is 6.33 Å². The second kappa shape index (κ2) is 6.53. The number of rotatable bonds is 5. The number of benzene rings is 1. The van der Waals surface area contributed by atoms with Crippen LogP contribution >= 0.6 is 0 Å². The zero-order chi connectivity index (χ0) is 14.4. The minimum absolute atomic E-state index is 0.662. The summed E-state index contributed by atoms with van der Waals surface area (Å²) in [5.74, 6) is 1.67. The van der Waals surface area contributed by atoms with Gasteiger partial charge in [-0.2, -0.15) is 5.26 Å². The van der Waals surface area contributed by atoms with Crippen molar-refractivity contribution < 1.29 is 0 Å². The lowest BCUT2D eigenvalue weighted by atomic mass is 10.1. The summed E-state index contributed by atoms with van der Waals surface area (Å²) in [6.07, 6.45) is 1.55. The Labute approximate surface area is 118 Å². The molecule has 2 aromatic rings. The van der Waals surface area contributed by atoms with Crippen LogP contribution in [0.5, 0.6) is 0 Å². The van der Waals surface area contributed by atoms with E-state index < -0.39 is 0 Å². The molecule has 0 unspecified atom stereocenters. The van der Waals surface area contributed by atoms with Crippen molar-refractivity contribution in [3.8, 4) is 6.07 Å². The third kappa shape index (κ3) is 3.23. The highest BCUT2D eigenvalue weighted by Crippen LogP contribution is 2.18. The normalized spacial score (nSPS) is 9.85. The third-order valence-electron chi connectivity index (χ3n) is 2.97. The molecule has 1 aromatic carbocycles. The number of nitrogens with zero attached hydrogens (tertiary/aromatic N) is 3. The Kier molecular flexibility index (Phi) is 4.51. The van der Waals surface area contributed by atoms with Gasteiger partial charge >= 0.3 is 0 Å². The Morgan fingerprint density at radius 3 is 2.35 bits per heavy atom. The molecule has 5 nitrogen and oxygen atoms in total. The van der Waals surface area contributed by atoms with Crippen molar-refractivity contribution in [1.29, 1.82) is 5.26 Å². The zero-order valence-electron chi connectivity index (χ0n) is 11.6. The van der Waals surface area contributed by atoms with E-state index in [2.05, 4.69) is 26.7 Å². The first kappa shape index (κ1) is 13.8. The summed E-state index contributed by atoms with van der Waals surface area (Å²) in [6.45, 7) is 5.51. The van der Waals surface area contributed by atoms with Gasteiger partial charge in [0.25, 0.3) is 0 Å². The highest BCUT2D eigenvalue weighted by molar-refractivity contribution is 5.56. The maximum Gasteiger partial charge on any atom is 0.134 e. The largest absolute Gasteiger partial charge is 0.370 e. The molecule has 0 saturated carbocycles. The molecule has 20 heavy (non-hydrogen) atoms. The minimum atomic E-state index is 0.662. The van der Waals surface area contributed by atoms with Crippen LogP contribution in [0, 0.1) is 18.3 Å². The molecule has 0 bridgehead atoms. The van der Waals surface area contributed by atoms with Gasteiger partial charge in [0.2, 0.25) is 0 Å². The van der Waals surface area contributed by atoms with Crippen LogP contribution < -0.4 is 10.6 Å². The fraction of sp³-hybridized carbons (Fsp3) is 0.267. The van der Waals surface area contributed by atoms with Gasteiger partial charge in [-0.05, 0) is 31.5 Å². The number of hydrogen-bond donors (Lipinski definition) is 2. The van der Waals surface area contributed by atoms with E-state index in [0.29, 0.717) is 12.1 Å². The molecule has 2 N–H and O–H groups in total. The molecule has 0 spiro atoms. The molecule has 0 aliphatic carbocycles. The van der Waals surface area contributed by atoms with Crippen LogP contribution in [0.3, 0.4) is 0 Å². The van der Waals surface area contributed by atoms with Crippen LogP contribution in [0.4, 0.5) is 11.6 Å². The Hall–Kier alpha value is -2.61. The second-order valence-corrected chi connectivity index (χ2v) is 4.39. The van der Waals surface area contributed by atoms with Crippen molar-refractivity contribution in [2.75, 3.05) is 17.2 Å². The molecule has 0 fully saturated rings. The number of anilines is 2. The summed E-state index contributed by atoms with van der Waals surface area (Å²) >= 11 is 0. The Balaban J connectivity index is 2.06. The standard InChI is InChI=1S/C15H17N5/c1-3-17-14-11(2)15(20-10-19-14)18-9-13-6-4-12(8-16)5-7-13/h4-7,10H,3,9H2,1-2H3,(H2,17,18,19,20). The SMILES string of the molecule is CCNc1ncnc(NCc2ccc(C#N)cc2)c1C. The summed E-state index contributed by atoms with van der Waals surface area (Å²) in [4.78, 5) is 8.46. The summed E-state index contributed by atoms with van der Waals surface area (Å²) in [7, 11) is 0. The van der Waals surface area contributed by atoms with Gasteiger partial charge in [0.15, 0.2) is 0 Å². The maximum atomic E-state index is 8.76. The van der Waals surface area contributed by atoms with Crippen LogP contribution in [0.15, 0.2) is 30.6 Å². The van der Waals surface area contributed by atoms with Crippen molar-refractivity contribution in [1.82, 2.24) is 9.97 Å². The van der Waals surface area contributed by atoms with E-state index in [9.17, 15) is 0 Å². The molecule has 0 aliphatic rings. The molecular weight excluding hydrogens is 250 g/mol. The summed E-state index contributed by atoms with van der Waals surface area (Å²) < 4.78 is 0. The van der Waals surface area contributed by atoms with Gasteiger partial charge in [-0.15, -0.1) is 0 Å². The topological polar surface area (TPSA) is 73.6 Å². The average Bonchev–Trinajstić information content (AvgIpc) is 2.49. The monoisotopic (exact) mass is 267 g/mol. The Morgan fingerprint density at radius 2 is 1.75 bits per heavy atom. The predicted octanol–water partition coefficient (Wildman–Crippen LogP) is 2.70. The maximum absolute atomic E-state index is 8.76. The lowest BCUT2D eigenvalue weighted by Crippen LogP contribution is -2.08. The van der Waals surface area contributed by atoms with Crippen LogP contribution in [0.2, 0.25) is 0 Å². The van der Waals surface area contributed by atoms with Gasteiger partial charge in [-0.3, -0.25) is 0 Å². The summed E-state index contributed by atoms with van der Waals surface area (Å²) in [6, 6.07) is 9.61. The van der Waals surface area contributed by atoms with Gasteiger partial charge < -0.3 is 10.6 Å². The van der Waals surface area contributed by atoms with Crippen molar-refractivity contribution >= 4 is 11.6 Å². The van der Waals surface area contributed by atoms with Crippen molar-refractivity contribution in [3.63, 3.8) is 0 Å². The molecule has 0 radical (unpaired) electrons. The second-order valence-electron chi connectivity index (χ2n) is 4.39. The van der Waals surface area contributed by atoms with E-state index in [1.165, 1.54) is 0 Å². The van der Waals surface area contributed by atoms with Gasteiger partial charge in [0.1, 0.15) is 18.0 Å². The number of hydrogen-bond acceptors (Lipinski definition) is 5. The van der Waals surface area contributed by atoms with Crippen molar-refractivity contribution in [2.45, 2.75) is 20.4 Å². The van der Waals surface area contributed by atoms with E-state index in [-0.39, 0.29) is 0 Å². The molecule has 0 amide bonds. The van der Waals surface area contributed by atoms with E-state index in [4.69, 9.17) is 5.26 Å². The summed E-state index contributed by atoms with van der Waals surface area (Å²) in [5.41, 5.74) is 2.77. The first-order chi connectivity index (χ1) is 9.74. The quantitative estimate of drug-likeness (QED) is 0.871. The molecule has 0 saturated heterocycles. The number of nitriles is 1. The number of aromatic nitrogens is 2. The van der Waals surface area contributed by atoms with E-state index in [1.807, 2.05) is 38.1 Å². The molecule has 0 aliphatic heterocycles. The third-order valence-corrected chi connectivity index (χ3v) is 2.97. The van der Waals surface area contributed by atoms with Crippen LogP contribution in [-0.4, -0.2) is 16.5 Å². The highest BCUT2D eigenvalue weighted by atomic mass is 15.1.